The van der Waals surface area contributed by atoms with E-state index in [2.05, 4.69) is 80.9 Å². The first-order valence-electron chi connectivity index (χ1n) is 8.16. The Hall–Kier alpha value is -2.15. The largest absolute Gasteiger partial charge is 0.213 e. The molecule has 0 unspecified atom stereocenters. The fourth-order valence-corrected chi connectivity index (χ4v) is 3.23. The van der Waals surface area contributed by atoms with Crippen molar-refractivity contribution in [1.29, 1.82) is 0 Å². The maximum absolute atomic E-state index is 2.36. The molecule has 0 fully saturated rings. The number of hydrogen-bond acceptors (Lipinski definition) is 0. The molecule has 0 spiro atoms. The molecule has 112 valence electrons. The van der Waals surface area contributed by atoms with Gasteiger partial charge in [-0.25, -0.2) is 0 Å². The first-order chi connectivity index (χ1) is 10.7. The van der Waals surface area contributed by atoms with Crippen molar-refractivity contribution in [3.63, 3.8) is 0 Å². The standard InChI is InChI=1S/C21H24N/c1-5-16-11-12-19-17(6-2)14-21(22(4)20(19)13-16)18-10-8-7-9-15(18)3/h7-14H,5-6H2,1-4H3/q+1. The minimum Gasteiger partial charge on any atom is -0.194 e. The Morgan fingerprint density at radius 1 is 0.909 bits per heavy atom. The lowest BCUT2D eigenvalue weighted by molar-refractivity contribution is -0.633. The van der Waals surface area contributed by atoms with E-state index >= 15 is 0 Å². The highest BCUT2D eigenvalue weighted by Gasteiger charge is 2.18. The molecule has 0 bridgehead atoms. The maximum Gasteiger partial charge on any atom is 0.213 e. The van der Waals surface area contributed by atoms with E-state index in [1.807, 2.05) is 0 Å². The molecule has 2 aromatic carbocycles. The van der Waals surface area contributed by atoms with Crippen molar-refractivity contribution in [2.75, 3.05) is 0 Å². The number of pyridine rings is 1. The van der Waals surface area contributed by atoms with Crippen LogP contribution in [0.4, 0.5) is 0 Å². The van der Waals surface area contributed by atoms with Gasteiger partial charge in [-0.15, -0.1) is 0 Å². The summed E-state index contributed by atoms with van der Waals surface area (Å²) in [5, 5.41) is 1.37. The van der Waals surface area contributed by atoms with Gasteiger partial charge in [0.2, 0.25) is 11.2 Å². The van der Waals surface area contributed by atoms with Gasteiger partial charge in [-0.1, -0.05) is 38.1 Å². The van der Waals surface area contributed by atoms with Crippen LogP contribution >= 0.6 is 0 Å². The summed E-state index contributed by atoms with van der Waals surface area (Å²) in [5.41, 5.74) is 8.10. The van der Waals surface area contributed by atoms with E-state index in [0.717, 1.165) is 12.8 Å². The molecule has 3 rings (SSSR count). The average Bonchev–Trinajstić information content (AvgIpc) is 2.56. The number of rotatable bonds is 3. The predicted octanol–water partition coefficient (Wildman–Crippen LogP) is 4.76. The maximum atomic E-state index is 2.36. The van der Waals surface area contributed by atoms with Crippen molar-refractivity contribution >= 4 is 10.9 Å². The summed E-state index contributed by atoms with van der Waals surface area (Å²) >= 11 is 0. The third-order valence-electron chi connectivity index (χ3n) is 4.65. The summed E-state index contributed by atoms with van der Waals surface area (Å²) in [7, 11) is 2.18. The van der Waals surface area contributed by atoms with Gasteiger partial charge in [0.1, 0.15) is 7.05 Å². The highest BCUT2D eigenvalue weighted by molar-refractivity contribution is 5.82. The van der Waals surface area contributed by atoms with Crippen molar-refractivity contribution in [1.82, 2.24) is 0 Å². The Morgan fingerprint density at radius 3 is 2.36 bits per heavy atom. The average molecular weight is 290 g/mol. The molecule has 1 heterocycles. The molecular formula is C21H24N+. The zero-order chi connectivity index (χ0) is 15.7. The Balaban J connectivity index is 2.36. The molecule has 1 heteroatoms. The molecule has 0 aliphatic carbocycles. The van der Waals surface area contributed by atoms with Crippen LogP contribution < -0.4 is 4.57 Å². The molecular weight excluding hydrogens is 266 g/mol. The summed E-state index contributed by atoms with van der Waals surface area (Å²) in [6.07, 6.45) is 2.13. The highest BCUT2D eigenvalue weighted by atomic mass is 14.9. The molecule has 1 aromatic heterocycles. The third-order valence-corrected chi connectivity index (χ3v) is 4.65. The first kappa shape index (κ1) is 14.8. The Bertz CT molecular complexity index is 831. The topological polar surface area (TPSA) is 3.88 Å². The van der Waals surface area contributed by atoms with Gasteiger partial charge in [-0.05, 0) is 48.6 Å². The summed E-state index contributed by atoms with van der Waals surface area (Å²) in [6.45, 7) is 6.64. The van der Waals surface area contributed by atoms with Crippen LogP contribution in [-0.4, -0.2) is 0 Å². The lowest BCUT2D eigenvalue weighted by Crippen LogP contribution is -2.33. The summed E-state index contributed by atoms with van der Waals surface area (Å²) in [6, 6.07) is 17.9. The van der Waals surface area contributed by atoms with Crippen LogP contribution in [-0.2, 0) is 19.9 Å². The van der Waals surface area contributed by atoms with E-state index in [0.29, 0.717) is 0 Å². The molecule has 0 saturated heterocycles. The van der Waals surface area contributed by atoms with E-state index in [1.165, 1.54) is 38.9 Å². The van der Waals surface area contributed by atoms with Crippen LogP contribution in [0.25, 0.3) is 22.2 Å². The quantitative estimate of drug-likeness (QED) is 0.612. The van der Waals surface area contributed by atoms with Gasteiger partial charge in [0.05, 0.1) is 0 Å². The van der Waals surface area contributed by atoms with E-state index in [-0.39, 0.29) is 0 Å². The Labute approximate surface area is 133 Å². The van der Waals surface area contributed by atoms with Crippen molar-refractivity contribution in [3.05, 3.63) is 65.2 Å². The normalized spacial score (nSPS) is 11.1. The number of benzene rings is 2. The zero-order valence-corrected chi connectivity index (χ0v) is 14.0. The van der Waals surface area contributed by atoms with Crippen LogP contribution in [0.2, 0.25) is 0 Å². The second-order valence-electron chi connectivity index (χ2n) is 5.99. The molecule has 0 radical (unpaired) electrons. The SMILES string of the molecule is CCc1ccc2c(CC)cc(-c3ccccc3C)[n+](C)c2c1. The smallest absolute Gasteiger partial charge is 0.194 e. The van der Waals surface area contributed by atoms with Gasteiger partial charge in [0.25, 0.3) is 0 Å². The lowest BCUT2D eigenvalue weighted by Gasteiger charge is -2.10. The molecule has 0 aliphatic heterocycles. The van der Waals surface area contributed by atoms with Crippen molar-refractivity contribution in [2.24, 2.45) is 7.05 Å². The van der Waals surface area contributed by atoms with Crippen molar-refractivity contribution in [3.8, 4) is 11.3 Å². The van der Waals surface area contributed by atoms with E-state index in [9.17, 15) is 0 Å². The number of aryl methyl sites for hydroxylation is 4. The Morgan fingerprint density at radius 2 is 1.68 bits per heavy atom. The van der Waals surface area contributed by atoms with E-state index < -0.39 is 0 Å². The molecule has 0 N–H and O–H groups in total. The van der Waals surface area contributed by atoms with Crippen LogP contribution in [0.15, 0.2) is 48.5 Å². The summed E-state index contributed by atoms with van der Waals surface area (Å²) in [4.78, 5) is 0. The van der Waals surface area contributed by atoms with Crippen molar-refractivity contribution in [2.45, 2.75) is 33.6 Å². The number of aromatic nitrogens is 1. The summed E-state index contributed by atoms with van der Waals surface area (Å²) in [5.74, 6) is 0. The van der Waals surface area contributed by atoms with Gasteiger partial charge >= 0.3 is 0 Å². The van der Waals surface area contributed by atoms with Crippen LogP contribution in [0, 0.1) is 6.92 Å². The van der Waals surface area contributed by atoms with Gasteiger partial charge in [0.15, 0.2) is 0 Å². The van der Waals surface area contributed by atoms with Gasteiger partial charge in [-0.3, -0.25) is 0 Å². The zero-order valence-electron chi connectivity index (χ0n) is 14.0. The van der Waals surface area contributed by atoms with Gasteiger partial charge in [0, 0.05) is 23.1 Å². The van der Waals surface area contributed by atoms with E-state index in [1.54, 1.807) is 0 Å². The molecule has 0 atom stereocenters. The van der Waals surface area contributed by atoms with Crippen LogP contribution in [0.1, 0.15) is 30.5 Å². The van der Waals surface area contributed by atoms with Crippen LogP contribution in [0.5, 0.6) is 0 Å². The Kier molecular flexibility index (Phi) is 3.98. The molecule has 3 aromatic rings. The van der Waals surface area contributed by atoms with Crippen LogP contribution in [0.3, 0.4) is 0 Å². The highest BCUT2D eigenvalue weighted by Crippen LogP contribution is 2.26. The van der Waals surface area contributed by atoms with E-state index in [4.69, 9.17) is 0 Å². The van der Waals surface area contributed by atoms with Crippen molar-refractivity contribution < 1.29 is 4.57 Å². The monoisotopic (exact) mass is 290 g/mol. The molecule has 22 heavy (non-hydrogen) atoms. The fourth-order valence-electron chi connectivity index (χ4n) is 3.23. The minimum atomic E-state index is 1.06. The third kappa shape index (κ3) is 2.41. The number of fused-ring (bicyclic) bond motifs is 1. The number of nitrogens with zero attached hydrogens (tertiary/aromatic N) is 1. The molecule has 0 amide bonds. The predicted molar refractivity (Wildman–Crippen MR) is 94.1 cm³/mol. The first-order valence-corrected chi connectivity index (χ1v) is 8.16. The second kappa shape index (κ2) is 5.92. The molecule has 0 aliphatic rings. The fraction of sp³-hybridized carbons (Fsp3) is 0.286. The summed E-state index contributed by atoms with van der Waals surface area (Å²) < 4.78 is 2.34. The molecule has 1 nitrogen and oxygen atoms in total. The van der Waals surface area contributed by atoms with Gasteiger partial charge in [-0.2, -0.15) is 4.57 Å². The van der Waals surface area contributed by atoms with Gasteiger partial charge < -0.3 is 0 Å². The minimum absolute atomic E-state index is 1.06. The molecule has 0 saturated carbocycles. The lowest BCUT2D eigenvalue weighted by atomic mass is 9.98. The number of hydrogen-bond donors (Lipinski definition) is 0. The second-order valence-corrected chi connectivity index (χ2v) is 5.99.